The lowest BCUT2D eigenvalue weighted by Crippen LogP contribution is -2.34. The van der Waals surface area contributed by atoms with E-state index in [9.17, 15) is 0 Å². The molecule has 1 nitrogen and oxygen atoms in total. The van der Waals surface area contributed by atoms with Crippen LogP contribution < -0.4 is 0 Å². The Kier molecular flexibility index (Phi) is 5.87. The Balaban J connectivity index is 1.87. The van der Waals surface area contributed by atoms with Gasteiger partial charge in [0, 0.05) is 6.54 Å². The Hall–Kier alpha value is -0.820. The number of likely N-dealkylation sites (tertiary alicyclic amines) is 1. The summed E-state index contributed by atoms with van der Waals surface area (Å²) in [6.07, 6.45) is 6.63. The summed E-state index contributed by atoms with van der Waals surface area (Å²) in [6, 6.07) is 9.37. The average Bonchev–Trinajstić information content (AvgIpc) is 2.48. The van der Waals surface area contributed by atoms with E-state index in [0.717, 1.165) is 5.92 Å². The molecule has 1 saturated heterocycles. The standard InChI is InChI=1S/C20H33N/c1-5-20(3,4)19-11-9-18(10-12-19)15-17(2)16-21-13-7-6-8-14-21/h9-12,17H,5-8,13-16H2,1-4H3. The van der Waals surface area contributed by atoms with Gasteiger partial charge >= 0.3 is 0 Å². The Labute approximate surface area is 131 Å². The molecule has 1 heterocycles. The first-order valence-corrected chi connectivity index (χ1v) is 8.83. The summed E-state index contributed by atoms with van der Waals surface area (Å²) in [6.45, 7) is 13.2. The number of hydrogen-bond acceptors (Lipinski definition) is 1. The van der Waals surface area contributed by atoms with Gasteiger partial charge < -0.3 is 4.90 Å². The SMILES string of the molecule is CCC(C)(C)c1ccc(CC(C)CN2CCCCC2)cc1. The molecular weight excluding hydrogens is 254 g/mol. The van der Waals surface area contributed by atoms with Crippen LogP contribution in [0.4, 0.5) is 0 Å². The van der Waals surface area contributed by atoms with Gasteiger partial charge in [0.05, 0.1) is 0 Å². The Morgan fingerprint density at radius 1 is 1.05 bits per heavy atom. The molecule has 21 heavy (non-hydrogen) atoms. The molecule has 1 atom stereocenters. The topological polar surface area (TPSA) is 3.24 Å². The van der Waals surface area contributed by atoms with Gasteiger partial charge in [-0.15, -0.1) is 0 Å². The van der Waals surface area contributed by atoms with E-state index in [4.69, 9.17) is 0 Å². The summed E-state index contributed by atoms with van der Waals surface area (Å²) in [7, 11) is 0. The van der Waals surface area contributed by atoms with Crippen molar-refractivity contribution in [2.75, 3.05) is 19.6 Å². The average molecular weight is 287 g/mol. The van der Waals surface area contributed by atoms with Crippen LogP contribution in [0.3, 0.4) is 0 Å². The Morgan fingerprint density at radius 2 is 1.67 bits per heavy atom. The molecule has 0 N–H and O–H groups in total. The van der Waals surface area contributed by atoms with Crippen molar-refractivity contribution in [1.29, 1.82) is 0 Å². The summed E-state index contributed by atoms with van der Waals surface area (Å²) in [5, 5.41) is 0. The van der Waals surface area contributed by atoms with Crippen LogP contribution in [-0.4, -0.2) is 24.5 Å². The predicted molar refractivity (Wildman–Crippen MR) is 92.9 cm³/mol. The lowest BCUT2D eigenvalue weighted by atomic mass is 9.82. The second-order valence-corrected chi connectivity index (χ2v) is 7.60. The number of piperidine rings is 1. The normalized spacial score (nSPS) is 18.7. The van der Waals surface area contributed by atoms with Gasteiger partial charge in [0.1, 0.15) is 0 Å². The number of rotatable bonds is 6. The van der Waals surface area contributed by atoms with Crippen molar-refractivity contribution >= 4 is 0 Å². The molecule has 1 aromatic carbocycles. The van der Waals surface area contributed by atoms with Crippen molar-refractivity contribution < 1.29 is 0 Å². The van der Waals surface area contributed by atoms with E-state index in [2.05, 4.69) is 56.9 Å². The second kappa shape index (κ2) is 7.45. The highest BCUT2D eigenvalue weighted by Gasteiger charge is 2.18. The largest absolute Gasteiger partial charge is 0.303 e. The first kappa shape index (κ1) is 16.5. The molecule has 1 heteroatoms. The van der Waals surface area contributed by atoms with Crippen LogP contribution in [0.1, 0.15) is 64.5 Å². The van der Waals surface area contributed by atoms with Crippen molar-refractivity contribution in [1.82, 2.24) is 4.90 Å². The zero-order valence-electron chi connectivity index (χ0n) is 14.5. The molecule has 0 radical (unpaired) electrons. The molecule has 0 aliphatic carbocycles. The first-order valence-electron chi connectivity index (χ1n) is 8.83. The zero-order chi connectivity index (χ0) is 15.3. The van der Waals surface area contributed by atoms with Crippen LogP contribution in [0, 0.1) is 5.92 Å². The maximum atomic E-state index is 2.66. The summed E-state index contributed by atoms with van der Waals surface area (Å²) in [5.41, 5.74) is 3.27. The van der Waals surface area contributed by atoms with Gasteiger partial charge in [-0.05, 0) is 61.2 Å². The van der Waals surface area contributed by atoms with Gasteiger partial charge in [0.15, 0.2) is 0 Å². The van der Waals surface area contributed by atoms with Crippen LogP contribution in [0.25, 0.3) is 0 Å². The molecule has 0 saturated carbocycles. The highest BCUT2D eigenvalue weighted by Crippen LogP contribution is 2.27. The molecule has 0 amide bonds. The predicted octanol–water partition coefficient (Wildman–Crippen LogP) is 5.04. The summed E-state index contributed by atoms with van der Waals surface area (Å²) in [5.74, 6) is 0.758. The Morgan fingerprint density at radius 3 is 2.24 bits per heavy atom. The van der Waals surface area contributed by atoms with Crippen molar-refractivity contribution in [3.8, 4) is 0 Å². The minimum atomic E-state index is 0.304. The number of hydrogen-bond donors (Lipinski definition) is 0. The van der Waals surface area contributed by atoms with Crippen LogP contribution in [-0.2, 0) is 11.8 Å². The van der Waals surface area contributed by atoms with E-state index in [1.807, 2.05) is 0 Å². The van der Waals surface area contributed by atoms with Crippen LogP contribution in [0.5, 0.6) is 0 Å². The number of benzene rings is 1. The van der Waals surface area contributed by atoms with Crippen LogP contribution in [0.2, 0.25) is 0 Å². The monoisotopic (exact) mass is 287 g/mol. The van der Waals surface area contributed by atoms with E-state index >= 15 is 0 Å². The van der Waals surface area contributed by atoms with Crippen molar-refractivity contribution in [2.45, 2.75) is 65.2 Å². The smallest absolute Gasteiger partial charge is 0.00102 e. The third kappa shape index (κ3) is 4.85. The molecule has 1 aromatic rings. The molecule has 0 bridgehead atoms. The van der Waals surface area contributed by atoms with E-state index in [-0.39, 0.29) is 0 Å². The lowest BCUT2D eigenvalue weighted by molar-refractivity contribution is 0.200. The second-order valence-electron chi connectivity index (χ2n) is 7.60. The Bertz CT molecular complexity index is 412. The van der Waals surface area contributed by atoms with E-state index < -0.39 is 0 Å². The molecule has 0 aromatic heterocycles. The molecule has 1 aliphatic heterocycles. The van der Waals surface area contributed by atoms with E-state index in [0.29, 0.717) is 5.41 Å². The molecule has 1 unspecified atom stereocenters. The molecule has 118 valence electrons. The molecule has 2 rings (SSSR count). The van der Waals surface area contributed by atoms with Gasteiger partial charge in [-0.3, -0.25) is 0 Å². The van der Waals surface area contributed by atoms with E-state index in [1.54, 1.807) is 0 Å². The summed E-state index contributed by atoms with van der Waals surface area (Å²) < 4.78 is 0. The van der Waals surface area contributed by atoms with Gasteiger partial charge in [-0.1, -0.05) is 58.4 Å². The maximum absolute atomic E-state index is 2.66. The summed E-state index contributed by atoms with van der Waals surface area (Å²) in [4.78, 5) is 2.66. The third-order valence-electron chi connectivity index (χ3n) is 5.22. The van der Waals surface area contributed by atoms with Gasteiger partial charge in [0.2, 0.25) is 0 Å². The van der Waals surface area contributed by atoms with Crippen LogP contribution >= 0.6 is 0 Å². The fourth-order valence-electron chi connectivity index (χ4n) is 3.35. The first-order chi connectivity index (χ1) is 10.0. The van der Waals surface area contributed by atoms with Crippen molar-refractivity contribution in [2.24, 2.45) is 5.92 Å². The lowest BCUT2D eigenvalue weighted by Gasteiger charge is -2.29. The minimum absolute atomic E-state index is 0.304. The fraction of sp³-hybridized carbons (Fsp3) is 0.700. The van der Waals surface area contributed by atoms with Crippen molar-refractivity contribution in [3.63, 3.8) is 0 Å². The highest BCUT2D eigenvalue weighted by atomic mass is 15.1. The van der Waals surface area contributed by atoms with Crippen molar-refractivity contribution in [3.05, 3.63) is 35.4 Å². The minimum Gasteiger partial charge on any atom is -0.303 e. The summed E-state index contributed by atoms with van der Waals surface area (Å²) >= 11 is 0. The zero-order valence-corrected chi connectivity index (χ0v) is 14.5. The molecule has 0 spiro atoms. The maximum Gasteiger partial charge on any atom is 0.00102 e. The molecular formula is C20H33N. The van der Waals surface area contributed by atoms with Gasteiger partial charge in [-0.2, -0.15) is 0 Å². The van der Waals surface area contributed by atoms with E-state index in [1.165, 1.54) is 62.9 Å². The fourth-order valence-corrected chi connectivity index (χ4v) is 3.35. The van der Waals surface area contributed by atoms with Gasteiger partial charge in [0.25, 0.3) is 0 Å². The highest BCUT2D eigenvalue weighted by molar-refractivity contribution is 5.28. The molecule has 1 aliphatic rings. The van der Waals surface area contributed by atoms with Crippen LogP contribution in [0.15, 0.2) is 24.3 Å². The number of nitrogens with zero attached hydrogens (tertiary/aromatic N) is 1. The third-order valence-corrected chi connectivity index (χ3v) is 5.22. The quantitative estimate of drug-likeness (QED) is 0.708. The molecule has 1 fully saturated rings. The van der Waals surface area contributed by atoms with Gasteiger partial charge in [-0.25, -0.2) is 0 Å².